The topological polar surface area (TPSA) is 52.6 Å². The monoisotopic (exact) mass is 268 g/mol. The molecule has 1 saturated heterocycles. The number of hydrogen-bond acceptors (Lipinski definition) is 3. The SMILES string of the molecule is CC(C)CN1CCC(NC(=O)C2CCCC2O)CC1. The quantitative estimate of drug-likeness (QED) is 0.810. The molecule has 2 N–H and O–H groups in total. The summed E-state index contributed by atoms with van der Waals surface area (Å²) in [5.74, 6) is 0.626. The van der Waals surface area contributed by atoms with Crippen LogP contribution in [0.5, 0.6) is 0 Å². The molecule has 19 heavy (non-hydrogen) atoms. The number of piperidine rings is 1. The molecule has 2 rings (SSSR count). The van der Waals surface area contributed by atoms with Crippen LogP contribution in [0.15, 0.2) is 0 Å². The van der Waals surface area contributed by atoms with Crippen LogP contribution in [0.2, 0.25) is 0 Å². The van der Waals surface area contributed by atoms with Gasteiger partial charge in [0.1, 0.15) is 0 Å². The molecule has 0 aromatic rings. The van der Waals surface area contributed by atoms with Gasteiger partial charge in [-0.25, -0.2) is 0 Å². The third kappa shape index (κ3) is 4.18. The van der Waals surface area contributed by atoms with Gasteiger partial charge in [0.2, 0.25) is 5.91 Å². The number of aliphatic hydroxyl groups excluding tert-OH is 1. The summed E-state index contributed by atoms with van der Waals surface area (Å²) < 4.78 is 0. The van der Waals surface area contributed by atoms with Crippen molar-refractivity contribution in [1.82, 2.24) is 10.2 Å². The van der Waals surface area contributed by atoms with E-state index in [4.69, 9.17) is 0 Å². The van der Waals surface area contributed by atoms with E-state index in [-0.39, 0.29) is 11.8 Å². The lowest BCUT2D eigenvalue weighted by Gasteiger charge is -2.33. The fourth-order valence-corrected chi connectivity index (χ4v) is 3.33. The smallest absolute Gasteiger partial charge is 0.225 e. The Morgan fingerprint density at radius 2 is 1.95 bits per heavy atom. The molecule has 110 valence electrons. The summed E-state index contributed by atoms with van der Waals surface area (Å²) in [5.41, 5.74) is 0. The molecule has 1 heterocycles. The van der Waals surface area contributed by atoms with E-state index < -0.39 is 6.10 Å². The summed E-state index contributed by atoms with van der Waals surface area (Å²) in [7, 11) is 0. The van der Waals surface area contributed by atoms with Gasteiger partial charge in [0, 0.05) is 25.7 Å². The molecule has 4 heteroatoms. The molecule has 1 amide bonds. The van der Waals surface area contributed by atoms with E-state index in [1.807, 2.05) is 0 Å². The van der Waals surface area contributed by atoms with Crippen molar-refractivity contribution in [2.24, 2.45) is 11.8 Å². The molecule has 1 aliphatic carbocycles. The number of hydrogen-bond donors (Lipinski definition) is 2. The average Bonchev–Trinajstić information content (AvgIpc) is 2.77. The van der Waals surface area contributed by atoms with Gasteiger partial charge in [0.15, 0.2) is 0 Å². The van der Waals surface area contributed by atoms with Gasteiger partial charge in [-0.1, -0.05) is 13.8 Å². The Kier molecular flexibility index (Phi) is 5.22. The van der Waals surface area contributed by atoms with Gasteiger partial charge in [-0.15, -0.1) is 0 Å². The Bertz CT molecular complexity index is 299. The van der Waals surface area contributed by atoms with Crippen molar-refractivity contribution in [2.45, 2.75) is 58.1 Å². The zero-order chi connectivity index (χ0) is 13.8. The van der Waals surface area contributed by atoms with Crippen molar-refractivity contribution in [3.8, 4) is 0 Å². The van der Waals surface area contributed by atoms with Gasteiger partial charge >= 0.3 is 0 Å². The van der Waals surface area contributed by atoms with Crippen molar-refractivity contribution < 1.29 is 9.90 Å². The summed E-state index contributed by atoms with van der Waals surface area (Å²) in [5, 5.41) is 12.9. The second-order valence-electron chi connectivity index (χ2n) is 6.58. The van der Waals surface area contributed by atoms with Crippen LogP contribution in [-0.2, 0) is 4.79 Å². The van der Waals surface area contributed by atoms with Gasteiger partial charge in [0.25, 0.3) is 0 Å². The van der Waals surface area contributed by atoms with Gasteiger partial charge in [-0.05, 0) is 38.0 Å². The van der Waals surface area contributed by atoms with E-state index in [1.165, 1.54) is 0 Å². The minimum atomic E-state index is -0.416. The van der Waals surface area contributed by atoms with Crippen LogP contribution in [0.3, 0.4) is 0 Å². The lowest BCUT2D eigenvalue weighted by Crippen LogP contribution is -2.47. The van der Waals surface area contributed by atoms with Gasteiger partial charge in [-0.3, -0.25) is 4.79 Å². The molecule has 2 unspecified atom stereocenters. The number of aliphatic hydroxyl groups is 1. The van der Waals surface area contributed by atoms with Gasteiger partial charge in [0.05, 0.1) is 12.0 Å². The highest BCUT2D eigenvalue weighted by Crippen LogP contribution is 2.26. The molecule has 1 saturated carbocycles. The number of rotatable bonds is 4. The molecule has 0 aromatic heterocycles. The first-order valence-electron chi connectivity index (χ1n) is 7.77. The first-order chi connectivity index (χ1) is 9.06. The van der Waals surface area contributed by atoms with Crippen LogP contribution >= 0.6 is 0 Å². The Hall–Kier alpha value is -0.610. The molecule has 2 atom stereocenters. The first kappa shape index (κ1) is 14.8. The first-order valence-corrected chi connectivity index (χ1v) is 7.77. The van der Waals surface area contributed by atoms with Gasteiger partial charge in [-0.2, -0.15) is 0 Å². The number of likely N-dealkylation sites (tertiary alicyclic amines) is 1. The summed E-state index contributed by atoms with van der Waals surface area (Å²) in [6.45, 7) is 7.80. The standard InChI is InChI=1S/C15H28N2O2/c1-11(2)10-17-8-6-12(7-9-17)16-15(19)13-4-3-5-14(13)18/h11-14,18H,3-10H2,1-2H3,(H,16,19). The van der Waals surface area contributed by atoms with Crippen LogP contribution in [0.1, 0.15) is 46.0 Å². The molecule has 1 aliphatic heterocycles. The highest BCUT2D eigenvalue weighted by Gasteiger charge is 2.33. The van der Waals surface area contributed by atoms with Crippen molar-refractivity contribution in [1.29, 1.82) is 0 Å². The van der Waals surface area contributed by atoms with Crippen LogP contribution in [0.25, 0.3) is 0 Å². The van der Waals surface area contributed by atoms with Crippen LogP contribution in [-0.4, -0.2) is 47.7 Å². The maximum atomic E-state index is 12.1. The van der Waals surface area contributed by atoms with E-state index in [2.05, 4.69) is 24.1 Å². The Morgan fingerprint density at radius 1 is 1.26 bits per heavy atom. The molecule has 0 aromatic carbocycles. The van der Waals surface area contributed by atoms with E-state index >= 15 is 0 Å². The molecule has 0 radical (unpaired) electrons. The van der Waals surface area contributed by atoms with Crippen LogP contribution < -0.4 is 5.32 Å². The summed E-state index contributed by atoms with van der Waals surface area (Å²) in [4.78, 5) is 14.6. The van der Waals surface area contributed by atoms with Crippen LogP contribution in [0, 0.1) is 11.8 Å². The maximum absolute atomic E-state index is 12.1. The van der Waals surface area contributed by atoms with E-state index in [1.54, 1.807) is 0 Å². The Balaban J connectivity index is 1.72. The molecule has 0 spiro atoms. The molecule has 4 nitrogen and oxygen atoms in total. The van der Waals surface area contributed by atoms with Crippen molar-refractivity contribution in [3.63, 3.8) is 0 Å². The average molecular weight is 268 g/mol. The summed E-state index contributed by atoms with van der Waals surface area (Å²) in [6, 6.07) is 0.309. The molecule has 0 bridgehead atoms. The molecule has 2 aliphatic rings. The minimum absolute atomic E-state index is 0.0762. The predicted molar refractivity (Wildman–Crippen MR) is 75.8 cm³/mol. The highest BCUT2D eigenvalue weighted by atomic mass is 16.3. The Morgan fingerprint density at radius 3 is 2.47 bits per heavy atom. The van der Waals surface area contributed by atoms with E-state index in [0.717, 1.165) is 51.7 Å². The van der Waals surface area contributed by atoms with Crippen molar-refractivity contribution in [2.75, 3.05) is 19.6 Å². The molecular weight excluding hydrogens is 240 g/mol. The van der Waals surface area contributed by atoms with E-state index in [9.17, 15) is 9.90 Å². The zero-order valence-electron chi connectivity index (χ0n) is 12.3. The third-order valence-corrected chi connectivity index (χ3v) is 4.37. The second kappa shape index (κ2) is 6.71. The number of nitrogens with one attached hydrogen (secondary N) is 1. The fourth-order valence-electron chi connectivity index (χ4n) is 3.33. The maximum Gasteiger partial charge on any atom is 0.225 e. The minimum Gasteiger partial charge on any atom is -0.392 e. The highest BCUT2D eigenvalue weighted by molar-refractivity contribution is 5.79. The number of carbonyl (C=O) groups is 1. The lowest BCUT2D eigenvalue weighted by molar-refractivity contribution is -0.128. The number of amides is 1. The van der Waals surface area contributed by atoms with Crippen molar-refractivity contribution in [3.05, 3.63) is 0 Å². The Labute approximate surface area is 116 Å². The van der Waals surface area contributed by atoms with Crippen LogP contribution in [0.4, 0.5) is 0 Å². The third-order valence-electron chi connectivity index (χ3n) is 4.37. The molecular formula is C15H28N2O2. The van der Waals surface area contributed by atoms with E-state index in [0.29, 0.717) is 12.0 Å². The second-order valence-corrected chi connectivity index (χ2v) is 6.58. The van der Waals surface area contributed by atoms with Crippen molar-refractivity contribution >= 4 is 5.91 Å². The van der Waals surface area contributed by atoms with Gasteiger partial charge < -0.3 is 15.3 Å². The summed E-state index contributed by atoms with van der Waals surface area (Å²) >= 11 is 0. The predicted octanol–water partition coefficient (Wildman–Crippen LogP) is 1.38. The fraction of sp³-hybridized carbons (Fsp3) is 0.933. The molecule has 2 fully saturated rings. The lowest BCUT2D eigenvalue weighted by atomic mass is 10.0. The normalized spacial score (nSPS) is 29.9. The summed E-state index contributed by atoms with van der Waals surface area (Å²) in [6.07, 6.45) is 4.28. The number of carbonyl (C=O) groups excluding carboxylic acids is 1. The largest absolute Gasteiger partial charge is 0.392 e. The number of nitrogens with zero attached hydrogens (tertiary/aromatic N) is 1. The zero-order valence-corrected chi connectivity index (χ0v) is 12.3.